The summed E-state index contributed by atoms with van der Waals surface area (Å²) in [5.74, 6) is -0.0285. The molecule has 1 aromatic rings. The quantitative estimate of drug-likeness (QED) is 0.805. The maximum absolute atomic E-state index is 12.4. The number of hydrogen-bond donors (Lipinski definition) is 1. The largest absolute Gasteiger partial charge is 0.416 e. The molecule has 4 heteroatoms. The van der Waals surface area contributed by atoms with Gasteiger partial charge in [-0.3, -0.25) is 0 Å². The van der Waals surface area contributed by atoms with Crippen LogP contribution in [-0.2, 0) is 11.7 Å². The zero-order valence-electron chi connectivity index (χ0n) is 9.88. The SMILES string of the molecule is C=CC(C)[C@](C)(N)c1ccc(C(F)(F)F)cc1. The fourth-order valence-electron chi connectivity index (χ4n) is 1.53. The summed E-state index contributed by atoms with van der Waals surface area (Å²) in [5.41, 5.74) is 5.38. The summed E-state index contributed by atoms with van der Waals surface area (Å²) in [4.78, 5) is 0. The van der Waals surface area contributed by atoms with Crippen molar-refractivity contribution in [1.29, 1.82) is 0 Å². The first kappa shape index (κ1) is 13.8. The average molecular weight is 243 g/mol. The highest BCUT2D eigenvalue weighted by molar-refractivity contribution is 5.30. The van der Waals surface area contributed by atoms with E-state index in [1.807, 2.05) is 6.92 Å². The van der Waals surface area contributed by atoms with Crippen LogP contribution >= 0.6 is 0 Å². The first-order valence-corrected chi connectivity index (χ1v) is 5.28. The molecule has 0 heterocycles. The molecule has 2 atom stereocenters. The Morgan fingerprint density at radius 2 is 1.59 bits per heavy atom. The lowest BCUT2D eigenvalue weighted by molar-refractivity contribution is -0.137. The Labute approximate surface area is 99.1 Å². The highest BCUT2D eigenvalue weighted by Gasteiger charge is 2.32. The maximum atomic E-state index is 12.4. The predicted octanol–water partition coefficient (Wildman–Crippen LogP) is 3.70. The molecule has 0 saturated carbocycles. The minimum atomic E-state index is -4.31. The van der Waals surface area contributed by atoms with Crippen molar-refractivity contribution in [1.82, 2.24) is 0 Å². The van der Waals surface area contributed by atoms with E-state index in [4.69, 9.17) is 5.73 Å². The van der Waals surface area contributed by atoms with E-state index < -0.39 is 17.3 Å². The topological polar surface area (TPSA) is 26.0 Å². The van der Waals surface area contributed by atoms with E-state index in [9.17, 15) is 13.2 Å². The molecule has 0 aromatic heterocycles. The van der Waals surface area contributed by atoms with Crippen molar-refractivity contribution in [2.75, 3.05) is 0 Å². The second-order valence-electron chi connectivity index (χ2n) is 4.38. The molecule has 0 saturated heterocycles. The van der Waals surface area contributed by atoms with Crippen LogP contribution in [0.25, 0.3) is 0 Å². The summed E-state index contributed by atoms with van der Waals surface area (Å²) in [6.07, 6.45) is -2.62. The van der Waals surface area contributed by atoms with Gasteiger partial charge in [0.05, 0.1) is 5.56 Å². The lowest BCUT2D eigenvalue weighted by Crippen LogP contribution is -2.39. The molecule has 94 valence electrons. The molecule has 1 rings (SSSR count). The van der Waals surface area contributed by atoms with Crippen molar-refractivity contribution >= 4 is 0 Å². The van der Waals surface area contributed by atoms with E-state index in [0.717, 1.165) is 12.1 Å². The third-order valence-electron chi connectivity index (χ3n) is 3.13. The molecule has 0 aliphatic carbocycles. The minimum Gasteiger partial charge on any atom is -0.321 e. The number of hydrogen-bond acceptors (Lipinski definition) is 1. The van der Waals surface area contributed by atoms with Crippen LogP contribution in [0.5, 0.6) is 0 Å². The van der Waals surface area contributed by atoms with Crippen molar-refractivity contribution in [3.05, 3.63) is 48.0 Å². The Morgan fingerprint density at radius 1 is 1.18 bits per heavy atom. The number of nitrogens with two attached hydrogens (primary N) is 1. The summed E-state index contributed by atoms with van der Waals surface area (Å²) >= 11 is 0. The molecule has 0 fully saturated rings. The molecule has 2 N–H and O–H groups in total. The smallest absolute Gasteiger partial charge is 0.321 e. The van der Waals surface area contributed by atoms with Gasteiger partial charge in [-0.2, -0.15) is 13.2 Å². The van der Waals surface area contributed by atoms with E-state index in [-0.39, 0.29) is 5.92 Å². The van der Waals surface area contributed by atoms with Gasteiger partial charge < -0.3 is 5.73 Å². The first-order chi connectivity index (χ1) is 7.69. The molecule has 17 heavy (non-hydrogen) atoms. The van der Waals surface area contributed by atoms with Gasteiger partial charge in [0, 0.05) is 5.54 Å². The van der Waals surface area contributed by atoms with Gasteiger partial charge in [0.1, 0.15) is 0 Å². The van der Waals surface area contributed by atoms with Crippen LogP contribution in [0.4, 0.5) is 13.2 Å². The zero-order valence-corrected chi connectivity index (χ0v) is 9.88. The van der Waals surface area contributed by atoms with Gasteiger partial charge in [0.2, 0.25) is 0 Å². The summed E-state index contributed by atoms with van der Waals surface area (Å²) in [7, 11) is 0. The van der Waals surface area contributed by atoms with Crippen LogP contribution in [0.3, 0.4) is 0 Å². The van der Waals surface area contributed by atoms with Crippen LogP contribution in [0.1, 0.15) is 25.0 Å². The van der Waals surface area contributed by atoms with Gasteiger partial charge in [0.25, 0.3) is 0 Å². The number of benzene rings is 1. The van der Waals surface area contributed by atoms with E-state index in [2.05, 4.69) is 6.58 Å². The van der Waals surface area contributed by atoms with Gasteiger partial charge in [-0.1, -0.05) is 25.1 Å². The van der Waals surface area contributed by atoms with E-state index in [0.29, 0.717) is 5.56 Å². The molecule has 0 bridgehead atoms. The standard InChI is InChI=1S/C13H16F3N/c1-4-9(2)12(3,17)10-5-7-11(8-6-10)13(14,15)16/h4-9H,1,17H2,2-3H3/t9?,12-/m0/s1. The zero-order chi connectivity index (χ0) is 13.3. The van der Waals surface area contributed by atoms with Gasteiger partial charge in [-0.05, 0) is 30.5 Å². The summed E-state index contributed by atoms with van der Waals surface area (Å²) in [5, 5.41) is 0. The van der Waals surface area contributed by atoms with Crippen molar-refractivity contribution in [3.8, 4) is 0 Å². The lowest BCUT2D eigenvalue weighted by atomic mass is 9.81. The number of rotatable bonds is 3. The second kappa shape index (κ2) is 4.53. The first-order valence-electron chi connectivity index (χ1n) is 5.28. The maximum Gasteiger partial charge on any atom is 0.416 e. The third-order valence-corrected chi connectivity index (χ3v) is 3.13. The minimum absolute atomic E-state index is 0.0285. The molecule has 0 amide bonds. The fraction of sp³-hybridized carbons (Fsp3) is 0.385. The van der Waals surface area contributed by atoms with Crippen molar-refractivity contribution in [2.24, 2.45) is 11.7 Å². The fourth-order valence-corrected chi connectivity index (χ4v) is 1.53. The van der Waals surface area contributed by atoms with E-state index in [1.165, 1.54) is 12.1 Å². The summed E-state index contributed by atoms with van der Waals surface area (Å²) in [6, 6.07) is 4.94. The highest BCUT2D eigenvalue weighted by atomic mass is 19.4. The molecule has 1 unspecified atom stereocenters. The van der Waals surface area contributed by atoms with Crippen LogP contribution in [0.15, 0.2) is 36.9 Å². The van der Waals surface area contributed by atoms with Crippen molar-refractivity contribution in [3.63, 3.8) is 0 Å². The Kier molecular flexibility index (Phi) is 3.67. The molecule has 0 radical (unpaired) electrons. The van der Waals surface area contributed by atoms with Crippen LogP contribution in [0, 0.1) is 5.92 Å². The average Bonchev–Trinajstić information content (AvgIpc) is 2.27. The van der Waals surface area contributed by atoms with Crippen molar-refractivity contribution in [2.45, 2.75) is 25.6 Å². The summed E-state index contributed by atoms with van der Waals surface area (Å²) < 4.78 is 37.2. The molecule has 0 aliphatic heterocycles. The predicted molar refractivity (Wildman–Crippen MR) is 62.3 cm³/mol. The molecule has 1 aromatic carbocycles. The van der Waals surface area contributed by atoms with Crippen LogP contribution in [-0.4, -0.2) is 0 Å². The Hall–Kier alpha value is -1.29. The Bertz CT molecular complexity index is 390. The lowest BCUT2D eigenvalue weighted by Gasteiger charge is -2.30. The molecule has 0 spiro atoms. The molecular formula is C13H16F3N. The monoisotopic (exact) mass is 243 g/mol. The van der Waals surface area contributed by atoms with Gasteiger partial charge in [-0.15, -0.1) is 6.58 Å². The number of halogens is 3. The molecular weight excluding hydrogens is 227 g/mol. The van der Waals surface area contributed by atoms with Gasteiger partial charge in [-0.25, -0.2) is 0 Å². The Balaban J connectivity index is 3.07. The van der Waals surface area contributed by atoms with Crippen molar-refractivity contribution < 1.29 is 13.2 Å². The molecule has 1 nitrogen and oxygen atoms in total. The second-order valence-corrected chi connectivity index (χ2v) is 4.38. The summed E-state index contributed by atoms with van der Waals surface area (Å²) in [6.45, 7) is 7.31. The van der Waals surface area contributed by atoms with Crippen LogP contribution < -0.4 is 5.73 Å². The van der Waals surface area contributed by atoms with E-state index in [1.54, 1.807) is 13.0 Å². The van der Waals surface area contributed by atoms with Gasteiger partial charge in [0.15, 0.2) is 0 Å². The van der Waals surface area contributed by atoms with Crippen LogP contribution in [0.2, 0.25) is 0 Å². The third kappa shape index (κ3) is 2.88. The Morgan fingerprint density at radius 3 is 1.94 bits per heavy atom. The van der Waals surface area contributed by atoms with E-state index >= 15 is 0 Å². The number of alkyl halides is 3. The molecule has 0 aliphatic rings. The normalized spacial score (nSPS) is 17.3. The van der Waals surface area contributed by atoms with Gasteiger partial charge >= 0.3 is 6.18 Å². The highest BCUT2D eigenvalue weighted by Crippen LogP contribution is 2.32.